The summed E-state index contributed by atoms with van der Waals surface area (Å²) in [6, 6.07) is -0.00415. The summed E-state index contributed by atoms with van der Waals surface area (Å²) in [5.41, 5.74) is -2.65. The predicted molar refractivity (Wildman–Crippen MR) is 140 cm³/mol. The van der Waals surface area contributed by atoms with Crippen molar-refractivity contribution < 1.29 is 32.2 Å². The molecule has 0 saturated heterocycles. The van der Waals surface area contributed by atoms with Crippen molar-refractivity contribution in [2.75, 3.05) is 20.6 Å². The van der Waals surface area contributed by atoms with E-state index in [2.05, 4.69) is 10.6 Å². The predicted octanol–water partition coefficient (Wildman–Crippen LogP) is 4.34. The third kappa shape index (κ3) is 7.22. The van der Waals surface area contributed by atoms with Gasteiger partial charge in [0.25, 0.3) is 0 Å². The van der Waals surface area contributed by atoms with E-state index in [0.29, 0.717) is 6.07 Å². The average molecular weight is 578 g/mol. The number of dihydropyridines is 1. The number of halogens is 5. The maximum atomic E-state index is 13.7. The van der Waals surface area contributed by atoms with Gasteiger partial charge in [-0.2, -0.15) is 13.2 Å². The summed E-state index contributed by atoms with van der Waals surface area (Å²) in [6.45, 7) is 6.81. The molecule has 3 rings (SSSR count). The first kappa shape index (κ1) is 31.9. The molecule has 1 aliphatic heterocycles. The zero-order chi connectivity index (χ0) is 29.7. The van der Waals surface area contributed by atoms with E-state index in [1.165, 1.54) is 33.2 Å². The highest BCUT2D eigenvalue weighted by atomic mass is 35.5. The Morgan fingerprint density at radius 2 is 1.95 bits per heavy atom. The number of aliphatic hydroxyl groups is 1. The summed E-state index contributed by atoms with van der Waals surface area (Å²) in [6.07, 6.45) is -1.96. The van der Waals surface area contributed by atoms with Gasteiger partial charge >= 0.3 is 18.0 Å². The molecule has 9 nitrogen and oxygen atoms in total. The Labute approximate surface area is 228 Å². The van der Waals surface area contributed by atoms with Crippen LogP contribution < -0.4 is 21.1 Å². The summed E-state index contributed by atoms with van der Waals surface area (Å²) in [4.78, 5) is 27.0. The normalized spacial score (nSPS) is 15.8. The minimum Gasteiger partial charge on any atom is -0.407 e. The maximum absolute atomic E-state index is 13.7. The van der Waals surface area contributed by atoms with Crippen LogP contribution in [-0.2, 0) is 12.7 Å². The largest absolute Gasteiger partial charge is 0.420 e. The highest BCUT2D eigenvalue weighted by Gasteiger charge is 2.37. The number of imidazole rings is 1. The molecule has 14 heteroatoms. The van der Waals surface area contributed by atoms with E-state index in [1.54, 1.807) is 7.05 Å². The fraction of sp³-hybridized carbons (Fsp3) is 0.440. The van der Waals surface area contributed by atoms with Crippen molar-refractivity contribution in [2.24, 2.45) is 0 Å². The molecule has 2 aromatic rings. The molecule has 1 amide bonds. The van der Waals surface area contributed by atoms with Crippen LogP contribution in [0.5, 0.6) is 5.75 Å². The molecule has 1 aromatic heterocycles. The second-order valence-corrected chi connectivity index (χ2v) is 8.82. The molecule has 39 heavy (non-hydrogen) atoms. The molecular formula is C25H32ClF4N5O4. The van der Waals surface area contributed by atoms with Crippen LogP contribution in [-0.4, -0.2) is 58.0 Å². The number of rotatable bonds is 7. The van der Waals surface area contributed by atoms with E-state index in [-0.39, 0.29) is 30.2 Å². The third-order valence-electron chi connectivity index (χ3n) is 5.62. The van der Waals surface area contributed by atoms with E-state index in [4.69, 9.17) is 16.3 Å². The Balaban J connectivity index is 0.00000260. The molecule has 1 aliphatic rings. The molecule has 2 heterocycles. The van der Waals surface area contributed by atoms with Gasteiger partial charge in [0, 0.05) is 26.0 Å². The zero-order valence-electron chi connectivity index (χ0n) is 22.4. The number of nitrogens with zero attached hydrogens (tertiary/aromatic N) is 3. The third-order valence-corrected chi connectivity index (χ3v) is 6.01. The number of carbonyl (C=O) groups is 1. The van der Waals surface area contributed by atoms with Gasteiger partial charge in [-0.25, -0.2) is 14.0 Å². The zero-order valence-corrected chi connectivity index (χ0v) is 23.1. The summed E-state index contributed by atoms with van der Waals surface area (Å²) in [7, 11) is 2.92. The van der Waals surface area contributed by atoms with Gasteiger partial charge in [-0.15, -0.1) is 0 Å². The molecule has 1 aromatic carbocycles. The van der Waals surface area contributed by atoms with Gasteiger partial charge in [-0.1, -0.05) is 25.4 Å². The van der Waals surface area contributed by atoms with Crippen LogP contribution in [0.1, 0.15) is 31.9 Å². The Morgan fingerprint density at radius 1 is 1.31 bits per heavy atom. The van der Waals surface area contributed by atoms with Crippen molar-refractivity contribution in [3.63, 3.8) is 0 Å². The van der Waals surface area contributed by atoms with Crippen LogP contribution in [0.2, 0.25) is 5.02 Å². The lowest BCUT2D eigenvalue weighted by molar-refractivity contribution is -0.137. The van der Waals surface area contributed by atoms with Crippen molar-refractivity contribution >= 4 is 17.7 Å². The average Bonchev–Trinajstić information content (AvgIpc) is 3.22. The van der Waals surface area contributed by atoms with Crippen LogP contribution in [0, 0.1) is 6.92 Å². The van der Waals surface area contributed by atoms with Gasteiger partial charge in [0.1, 0.15) is 17.3 Å². The molecule has 0 fully saturated rings. The lowest BCUT2D eigenvalue weighted by Gasteiger charge is -2.27. The Kier molecular flexibility index (Phi) is 10.8. The van der Waals surface area contributed by atoms with Crippen molar-refractivity contribution in [1.29, 1.82) is 0 Å². The number of aryl methyl sites for hydroxylation is 1. The molecule has 0 bridgehead atoms. The number of aromatic nitrogens is 2. The molecule has 3 N–H and O–H groups in total. The minimum atomic E-state index is -4.87. The Bertz CT molecular complexity index is 1300. The molecule has 0 radical (unpaired) electrons. The number of ether oxygens (including phenoxy) is 1. The van der Waals surface area contributed by atoms with E-state index < -0.39 is 52.2 Å². The lowest BCUT2D eigenvalue weighted by atomic mass is 10.1. The van der Waals surface area contributed by atoms with Crippen molar-refractivity contribution in [2.45, 2.75) is 52.6 Å². The highest BCUT2D eigenvalue weighted by Crippen LogP contribution is 2.43. The fourth-order valence-corrected chi connectivity index (χ4v) is 4.00. The van der Waals surface area contributed by atoms with E-state index in [9.17, 15) is 32.3 Å². The number of benzene rings is 1. The topological polar surface area (TPSA) is 101 Å². The van der Waals surface area contributed by atoms with Crippen molar-refractivity contribution in [1.82, 2.24) is 24.7 Å². The molecule has 0 aliphatic carbocycles. The van der Waals surface area contributed by atoms with Crippen molar-refractivity contribution in [3.05, 3.63) is 68.9 Å². The van der Waals surface area contributed by atoms with E-state index >= 15 is 0 Å². The minimum absolute atomic E-state index is 0.117. The number of hydrogen-bond acceptors (Lipinski definition) is 6. The Hall–Kier alpha value is -3.29. The van der Waals surface area contributed by atoms with Crippen LogP contribution in [0.3, 0.4) is 0 Å². The number of hydrogen-bond donors (Lipinski definition) is 3. The first-order valence-corrected chi connectivity index (χ1v) is 12.4. The Morgan fingerprint density at radius 3 is 2.51 bits per heavy atom. The number of alkyl halides is 3. The second kappa shape index (κ2) is 13.2. The number of nitrogens with one attached hydrogen (secondary N) is 2. The molecular weight excluding hydrogens is 546 g/mol. The van der Waals surface area contributed by atoms with Gasteiger partial charge in [0.05, 0.1) is 29.3 Å². The number of amides is 1. The van der Waals surface area contributed by atoms with Crippen LogP contribution in [0.15, 0.2) is 47.1 Å². The van der Waals surface area contributed by atoms with E-state index in [0.717, 1.165) is 26.3 Å². The first-order chi connectivity index (χ1) is 18.3. The molecule has 0 saturated carbocycles. The molecule has 2 unspecified atom stereocenters. The SMILES string of the molecule is CC.CNCC(O)Cn1ccn(-c2c(Cl)c(C(F)(F)F)cc(C)c2OC(=O)N(C)C2=CC=C(F)C(C)N2)c1=O. The van der Waals surface area contributed by atoms with Crippen LogP contribution >= 0.6 is 11.6 Å². The van der Waals surface area contributed by atoms with Gasteiger partial charge < -0.3 is 20.5 Å². The summed E-state index contributed by atoms with van der Waals surface area (Å²) in [5, 5.41) is 14.7. The number of allylic oxidation sites excluding steroid dienone is 2. The van der Waals surface area contributed by atoms with Crippen molar-refractivity contribution in [3.8, 4) is 11.4 Å². The number of aliphatic hydroxyl groups excluding tert-OH is 1. The van der Waals surface area contributed by atoms with E-state index in [1.807, 2.05) is 13.8 Å². The quantitative estimate of drug-likeness (QED) is 0.423. The standard InChI is InChI=1S/C23H26ClF4N5O4.C2H6/c1-12-9-15(23(26,27)28)18(24)19(33-8-7-32(21(33)35)11-14(34)10-29-3)20(12)37-22(36)31(4)17-6-5-16(25)13(2)30-17;1-2/h5-9,13-14,29-30,34H,10-11H2,1-4H3;1-2H3. The van der Waals surface area contributed by atoms with Crippen LogP contribution in [0.25, 0.3) is 5.69 Å². The van der Waals surface area contributed by atoms with Gasteiger partial charge in [-0.05, 0) is 44.7 Å². The smallest absolute Gasteiger partial charge is 0.407 e. The molecule has 216 valence electrons. The summed E-state index contributed by atoms with van der Waals surface area (Å²) < 4.78 is 62.2. The van der Waals surface area contributed by atoms with Crippen LogP contribution in [0.4, 0.5) is 22.4 Å². The van der Waals surface area contributed by atoms with Gasteiger partial charge in [0.2, 0.25) is 0 Å². The second-order valence-electron chi connectivity index (χ2n) is 8.44. The summed E-state index contributed by atoms with van der Waals surface area (Å²) >= 11 is 6.16. The number of likely N-dealkylation sites (N-methyl/N-ethyl adjacent to an activating group) is 1. The monoisotopic (exact) mass is 577 g/mol. The summed E-state index contributed by atoms with van der Waals surface area (Å²) in [5.74, 6) is -0.656. The van der Waals surface area contributed by atoms with Gasteiger partial charge in [0.15, 0.2) is 5.75 Å². The highest BCUT2D eigenvalue weighted by molar-refractivity contribution is 6.33. The first-order valence-electron chi connectivity index (χ1n) is 12.1. The number of carbonyl (C=O) groups excluding carboxylic acids is 1. The maximum Gasteiger partial charge on any atom is 0.420 e. The fourth-order valence-electron chi connectivity index (χ4n) is 3.66. The molecule has 0 spiro atoms. The molecule has 2 atom stereocenters. The van der Waals surface area contributed by atoms with Gasteiger partial charge in [-0.3, -0.25) is 14.0 Å². The lowest BCUT2D eigenvalue weighted by Crippen LogP contribution is -2.40.